The van der Waals surface area contributed by atoms with Crippen LogP contribution in [0, 0.1) is 0 Å². The van der Waals surface area contributed by atoms with Gasteiger partial charge in [0.2, 0.25) is 0 Å². The molecule has 0 saturated carbocycles. The Morgan fingerprint density at radius 3 is 1.94 bits per heavy atom. The molecule has 228 valence electrons. The highest BCUT2D eigenvalue weighted by molar-refractivity contribution is 7.25. The SMILES string of the molecule is C=CC.c1cc(-c2ccc3c(c2)sc2ccccc23)cc(-c2cccc3c2[nH]c2ccc(-n4c5ccccc5c5ccccc54)cc23)c1. The van der Waals surface area contributed by atoms with Crippen LogP contribution in [0.4, 0.5) is 0 Å². The molecule has 0 fully saturated rings. The highest BCUT2D eigenvalue weighted by Crippen LogP contribution is 2.39. The summed E-state index contributed by atoms with van der Waals surface area (Å²) in [5, 5.41) is 7.70. The molecule has 0 amide bonds. The minimum absolute atomic E-state index is 1.15. The second-order valence-corrected chi connectivity index (χ2v) is 13.3. The molecule has 0 spiro atoms. The Morgan fingerprint density at radius 2 is 1.15 bits per heavy atom. The third-order valence-corrected chi connectivity index (χ3v) is 10.5. The van der Waals surface area contributed by atoms with Gasteiger partial charge in [-0.2, -0.15) is 0 Å². The lowest BCUT2D eigenvalue weighted by atomic mass is 9.97. The van der Waals surface area contributed by atoms with Crippen molar-refractivity contribution in [3.8, 4) is 27.9 Å². The first kappa shape index (κ1) is 28.3. The summed E-state index contributed by atoms with van der Waals surface area (Å²) in [4.78, 5) is 3.78. The van der Waals surface area contributed by atoms with Crippen molar-refractivity contribution < 1.29 is 0 Å². The van der Waals surface area contributed by atoms with Gasteiger partial charge in [0.05, 0.1) is 16.6 Å². The Balaban J connectivity index is 0.00000101. The summed E-state index contributed by atoms with van der Waals surface area (Å²) in [6.07, 6.45) is 1.75. The average molecular weight is 633 g/mol. The van der Waals surface area contributed by atoms with Crippen molar-refractivity contribution in [1.82, 2.24) is 9.55 Å². The monoisotopic (exact) mass is 632 g/mol. The van der Waals surface area contributed by atoms with E-state index >= 15 is 0 Å². The molecule has 0 saturated heterocycles. The lowest BCUT2D eigenvalue weighted by Crippen LogP contribution is -1.93. The zero-order chi connectivity index (χ0) is 32.2. The molecule has 0 unspecified atom stereocenters. The van der Waals surface area contributed by atoms with E-state index in [-0.39, 0.29) is 0 Å². The van der Waals surface area contributed by atoms with Crippen LogP contribution < -0.4 is 0 Å². The fourth-order valence-corrected chi connectivity index (χ4v) is 8.41. The number of allylic oxidation sites excluding steroid dienone is 1. The molecule has 7 aromatic carbocycles. The summed E-state index contributed by atoms with van der Waals surface area (Å²) in [7, 11) is 0. The number of rotatable bonds is 3. The summed E-state index contributed by atoms with van der Waals surface area (Å²) in [5.74, 6) is 0. The van der Waals surface area contributed by atoms with Crippen LogP contribution in [0.5, 0.6) is 0 Å². The predicted octanol–water partition coefficient (Wildman–Crippen LogP) is 13.3. The van der Waals surface area contributed by atoms with Gasteiger partial charge in [-0.05, 0) is 72.1 Å². The normalized spacial score (nSPS) is 11.5. The maximum absolute atomic E-state index is 3.78. The van der Waals surface area contributed by atoms with E-state index in [1.165, 1.54) is 86.2 Å². The van der Waals surface area contributed by atoms with Gasteiger partial charge in [-0.25, -0.2) is 0 Å². The number of hydrogen-bond acceptors (Lipinski definition) is 1. The van der Waals surface area contributed by atoms with Crippen molar-refractivity contribution in [2.75, 3.05) is 0 Å². The van der Waals surface area contributed by atoms with E-state index in [0.29, 0.717) is 0 Å². The number of nitrogens with zero attached hydrogens (tertiary/aromatic N) is 1. The molecule has 0 bridgehead atoms. The highest BCUT2D eigenvalue weighted by Gasteiger charge is 2.15. The largest absolute Gasteiger partial charge is 0.354 e. The lowest BCUT2D eigenvalue weighted by Gasteiger charge is -2.08. The van der Waals surface area contributed by atoms with Gasteiger partial charge in [0, 0.05) is 58.5 Å². The van der Waals surface area contributed by atoms with Crippen molar-refractivity contribution in [3.05, 3.63) is 164 Å². The average Bonchev–Trinajstić information content (AvgIpc) is 3.81. The Kier molecular flexibility index (Phi) is 6.74. The summed E-state index contributed by atoms with van der Waals surface area (Å²) >= 11 is 1.87. The number of para-hydroxylation sites is 3. The minimum atomic E-state index is 1.15. The second kappa shape index (κ2) is 11.4. The second-order valence-electron chi connectivity index (χ2n) is 12.3. The van der Waals surface area contributed by atoms with Gasteiger partial charge in [0.15, 0.2) is 0 Å². The molecular formula is C45H32N2S. The number of thiophene rings is 1. The van der Waals surface area contributed by atoms with Gasteiger partial charge in [0.1, 0.15) is 0 Å². The van der Waals surface area contributed by atoms with Crippen LogP contribution in [-0.4, -0.2) is 9.55 Å². The van der Waals surface area contributed by atoms with Crippen LogP contribution in [0.25, 0.3) is 91.7 Å². The maximum atomic E-state index is 3.78. The molecule has 3 heterocycles. The van der Waals surface area contributed by atoms with Crippen molar-refractivity contribution >= 4 is 75.1 Å². The van der Waals surface area contributed by atoms with E-state index in [1.54, 1.807) is 6.08 Å². The van der Waals surface area contributed by atoms with Crippen LogP contribution in [-0.2, 0) is 0 Å². The third kappa shape index (κ3) is 4.47. The number of H-pyrrole nitrogens is 1. The fourth-order valence-electron chi connectivity index (χ4n) is 7.26. The number of hydrogen-bond donors (Lipinski definition) is 1. The van der Waals surface area contributed by atoms with Gasteiger partial charge >= 0.3 is 0 Å². The van der Waals surface area contributed by atoms with Crippen molar-refractivity contribution in [2.45, 2.75) is 6.92 Å². The van der Waals surface area contributed by atoms with Crippen LogP contribution in [0.2, 0.25) is 0 Å². The molecular weight excluding hydrogens is 601 g/mol. The Labute approximate surface area is 282 Å². The van der Waals surface area contributed by atoms with Gasteiger partial charge in [0.25, 0.3) is 0 Å². The van der Waals surface area contributed by atoms with E-state index in [0.717, 1.165) is 5.52 Å². The number of aromatic amines is 1. The molecule has 1 N–H and O–H groups in total. The fraction of sp³-hybridized carbons (Fsp3) is 0.0222. The summed E-state index contributed by atoms with van der Waals surface area (Å²) in [6, 6.07) is 55.4. The number of benzene rings is 7. The highest BCUT2D eigenvalue weighted by atomic mass is 32.1. The number of nitrogens with one attached hydrogen (secondary N) is 1. The summed E-state index contributed by atoms with van der Waals surface area (Å²) in [5.41, 5.74) is 10.8. The third-order valence-electron chi connectivity index (χ3n) is 9.34. The van der Waals surface area contributed by atoms with Gasteiger partial charge < -0.3 is 9.55 Å². The molecule has 2 nitrogen and oxygen atoms in total. The molecule has 3 aromatic heterocycles. The molecule has 0 aliphatic heterocycles. The first-order valence-corrected chi connectivity index (χ1v) is 17.2. The van der Waals surface area contributed by atoms with Gasteiger partial charge in [-0.1, -0.05) is 109 Å². The van der Waals surface area contributed by atoms with E-state index in [2.05, 4.69) is 168 Å². The molecule has 10 rings (SSSR count). The molecule has 48 heavy (non-hydrogen) atoms. The van der Waals surface area contributed by atoms with Crippen molar-refractivity contribution in [1.29, 1.82) is 0 Å². The van der Waals surface area contributed by atoms with Crippen molar-refractivity contribution in [3.63, 3.8) is 0 Å². The molecule has 0 aliphatic rings. The maximum Gasteiger partial charge on any atom is 0.0544 e. The molecule has 0 radical (unpaired) electrons. The van der Waals surface area contributed by atoms with Crippen molar-refractivity contribution in [2.24, 2.45) is 0 Å². The van der Waals surface area contributed by atoms with Crippen LogP contribution in [0.3, 0.4) is 0 Å². The van der Waals surface area contributed by atoms with Crippen LogP contribution in [0.1, 0.15) is 6.92 Å². The van der Waals surface area contributed by atoms with E-state index < -0.39 is 0 Å². The van der Waals surface area contributed by atoms with Gasteiger partial charge in [-0.15, -0.1) is 17.9 Å². The van der Waals surface area contributed by atoms with Crippen LogP contribution in [0.15, 0.2) is 164 Å². The Morgan fingerprint density at radius 1 is 0.521 bits per heavy atom. The molecule has 0 aliphatic carbocycles. The van der Waals surface area contributed by atoms with E-state index in [4.69, 9.17) is 0 Å². The Bertz CT molecular complexity index is 2770. The van der Waals surface area contributed by atoms with Crippen LogP contribution >= 0.6 is 11.3 Å². The Hall–Kier alpha value is -5.90. The topological polar surface area (TPSA) is 20.7 Å². The van der Waals surface area contributed by atoms with Gasteiger partial charge in [-0.3, -0.25) is 0 Å². The first-order valence-electron chi connectivity index (χ1n) is 16.3. The lowest BCUT2D eigenvalue weighted by molar-refractivity contribution is 1.19. The predicted molar refractivity (Wildman–Crippen MR) is 210 cm³/mol. The zero-order valence-electron chi connectivity index (χ0n) is 26.6. The van der Waals surface area contributed by atoms with E-state index in [9.17, 15) is 0 Å². The summed E-state index contributed by atoms with van der Waals surface area (Å²) in [6.45, 7) is 5.25. The molecule has 3 heteroatoms. The standard InChI is InChI=1S/C42H26N2S.C3H6/c1-4-16-38-31(11-1)32-12-2-5-17-39(32)44(38)29-20-22-37-36(25-29)35-15-8-14-30(42(35)43-37)28-10-7-9-26(23-28)27-19-21-34-33-13-3-6-18-40(33)45-41(34)24-27;1-3-2/h1-25,43H;3H,1H2,2H3. The molecule has 0 atom stereocenters. The first-order chi connectivity index (χ1) is 23.7. The summed E-state index contributed by atoms with van der Waals surface area (Å²) < 4.78 is 5.06. The minimum Gasteiger partial charge on any atom is -0.354 e. The number of fused-ring (bicyclic) bond motifs is 9. The zero-order valence-corrected chi connectivity index (χ0v) is 27.4. The van der Waals surface area contributed by atoms with E-state index in [1.807, 2.05) is 18.3 Å². The quantitative estimate of drug-likeness (QED) is 0.187. The molecule has 10 aromatic rings. The number of aromatic nitrogens is 2. The smallest absolute Gasteiger partial charge is 0.0544 e.